The molecule has 1 heterocycles. The largest absolute Gasteiger partial charge is 0.396 e. The van der Waals surface area contributed by atoms with Crippen molar-refractivity contribution in [3.8, 4) is 0 Å². The number of aliphatic hydroxyl groups is 1. The van der Waals surface area contributed by atoms with Gasteiger partial charge in [0, 0.05) is 31.8 Å². The Bertz CT molecular complexity index is 665. The van der Waals surface area contributed by atoms with Gasteiger partial charge in [0.05, 0.1) is 11.4 Å². The van der Waals surface area contributed by atoms with E-state index in [0.717, 1.165) is 37.3 Å². The summed E-state index contributed by atoms with van der Waals surface area (Å²) in [4.78, 5) is 2.26. The predicted molar refractivity (Wildman–Crippen MR) is 92.1 cm³/mol. The Morgan fingerprint density at radius 3 is 2.33 bits per heavy atom. The van der Waals surface area contributed by atoms with Gasteiger partial charge in [0.2, 0.25) is 0 Å². The second-order valence-electron chi connectivity index (χ2n) is 6.18. The Balaban J connectivity index is 1.73. The third-order valence-electron chi connectivity index (χ3n) is 4.63. The Morgan fingerprint density at radius 2 is 1.67 bits per heavy atom. The topological polar surface area (TPSA) is 35.5 Å². The maximum Gasteiger partial charge on any atom is 0.131 e. The molecule has 5 heteroatoms. The Morgan fingerprint density at radius 1 is 1.00 bits per heavy atom. The van der Waals surface area contributed by atoms with Crippen molar-refractivity contribution < 1.29 is 13.9 Å². The first-order valence-corrected chi connectivity index (χ1v) is 8.30. The van der Waals surface area contributed by atoms with Gasteiger partial charge in [-0.1, -0.05) is 18.2 Å². The molecule has 0 unspecified atom stereocenters. The molecule has 128 valence electrons. The molecule has 3 rings (SSSR count). The molecule has 0 bridgehead atoms. The van der Waals surface area contributed by atoms with E-state index in [1.165, 1.54) is 18.2 Å². The second-order valence-corrected chi connectivity index (χ2v) is 6.18. The number of para-hydroxylation sites is 2. The Labute approximate surface area is 140 Å². The van der Waals surface area contributed by atoms with Crippen LogP contribution in [0.15, 0.2) is 42.5 Å². The predicted octanol–water partition coefficient (Wildman–Crippen LogP) is 3.79. The van der Waals surface area contributed by atoms with Gasteiger partial charge in [-0.2, -0.15) is 0 Å². The van der Waals surface area contributed by atoms with Crippen LogP contribution in [0.4, 0.5) is 20.2 Å². The third-order valence-corrected chi connectivity index (χ3v) is 4.63. The fourth-order valence-electron chi connectivity index (χ4n) is 3.14. The molecule has 1 aliphatic heterocycles. The SMILES string of the molecule is OCC1CCN(c2ccccc2NCc2c(F)cccc2F)CC1. The molecule has 1 fully saturated rings. The van der Waals surface area contributed by atoms with Crippen molar-refractivity contribution in [3.63, 3.8) is 0 Å². The number of nitrogens with one attached hydrogen (secondary N) is 1. The van der Waals surface area contributed by atoms with Gasteiger partial charge in [0.1, 0.15) is 11.6 Å². The number of benzene rings is 2. The van der Waals surface area contributed by atoms with Gasteiger partial charge in [-0.15, -0.1) is 0 Å². The van der Waals surface area contributed by atoms with Crippen molar-refractivity contribution in [1.29, 1.82) is 0 Å². The van der Waals surface area contributed by atoms with Gasteiger partial charge in [0.25, 0.3) is 0 Å². The zero-order chi connectivity index (χ0) is 16.9. The zero-order valence-electron chi connectivity index (χ0n) is 13.5. The summed E-state index contributed by atoms with van der Waals surface area (Å²) >= 11 is 0. The number of aliphatic hydroxyl groups excluding tert-OH is 1. The van der Waals surface area contributed by atoms with E-state index in [4.69, 9.17) is 0 Å². The zero-order valence-corrected chi connectivity index (χ0v) is 13.5. The van der Waals surface area contributed by atoms with E-state index in [-0.39, 0.29) is 18.7 Å². The van der Waals surface area contributed by atoms with Crippen molar-refractivity contribution in [1.82, 2.24) is 0 Å². The third kappa shape index (κ3) is 3.67. The fourth-order valence-corrected chi connectivity index (χ4v) is 3.14. The maximum absolute atomic E-state index is 13.8. The number of anilines is 2. The van der Waals surface area contributed by atoms with Gasteiger partial charge < -0.3 is 15.3 Å². The number of halogens is 2. The first kappa shape index (κ1) is 16.7. The quantitative estimate of drug-likeness (QED) is 0.874. The van der Waals surface area contributed by atoms with Crippen LogP contribution in [0.25, 0.3) is 0 Å². The smallest absolute Gasteiger partial charge is 0.131 e. The Hall–Kier alpha value is -2.14. The van der Waals surface area contributed by atoms with Gasteiger partial charge in [0.15, 0.2) is 0 Å². The highest BCUT2D eigenvalue weighted by molar-refractivity contribution is 5.70. The minimum Gasteiger partial charge on any atom is -0.396 e. The van der Waals surface area contributed by atoms with Crippen LogP contribution in [0.3, 0.4) is 0 Å². The maximum atomic E-state index is 13.8. The summed E-state index contributed by atoms with van der Waals surface area (Å²) in [6, 6.07) is 11.7. The van der Waals surface area contributed by atoms with Gasteiger partial charge in [-0.3, -0.25) is 0 Å². The van der Waals surface area contributed by atoms with Gasteiger partial charge in [-0.25, -0.2) is 8.78 Å². The molecule has 3 nitrogen and oxygen atoms in total. The summed E-state index contributed by atoms with van der Waals surface area (Å²) in [6.45, 7) is 2.08. The summed E-state index contributed by atoms with van der Waals surface area (Å²) in [6.07, 6.45) is 1.90. The van der Waals surface area contributed by atoms with Crippen molar-refractivity contribution in [2.45, 2.75) is 19.4 Å². The van der Waals surface area contributed by atoms with E-state index in [2.05, 4.69) is 10.2 Å². The number of rotatable bonds is 5. The molecular formula is C19H22F2N2O. The van der Waals surface area contributed by atoms with Crippen molar-refractivity contribution in [2.24, 2.45) is 5.92 Å². The molecule has 0 saturated carbocycles. The lowest BCUT2D eigenvalue weighted by molar-refractivity contribution is 0.203. The molecule has 1 aliphatic rings. The second kappa shape index (κ2) is 7.62. The highest BCUT2D eigenvalue weighted by Crippen LogP contribution is 2.30. The summed E-state index contributed by atoms with van der Waals surface area (Å²) in [5, 5.41) is 12.4. The van der Waals surface area contributed by atoms with Crippen molar-refractivity contribution in [2.75, 3.05) is 29.9 Å². The number of piperidine rings is 1. The Kier molecular flexibility index (Phi) is 5.30. The molecule has 0 spiro atoms. The van der Waals surface area contributed by atoms with Crippen LogP contribution in [0.2, 0.25) is 0 Å². The molecule has 2 aromatic rings. The summed E-state index contributed by atoms with van der Waals surface area (Å²) < 4.78 is 27.6. The van der Waals surface area contributed by atoms with Crippen molar-refractivity contribution >= 4 is 11.4 Å². The lowest BCUT2D eigenvalue weighted by Gasteiger charge is -2.34. The molecule has 2 N–H and O–H groups in total. The number of hydrogen-bond donors (Lipinski definition) is 2. The van der Waals surface area contributed by atoms with E-state index in [1.807, 2.05) is 24.3 Å². The van der Waals surface area contributed by atoms with Crippen LogP contribution in [0.1, 0.15) is 18.4 Å². The molecular weight excluding hydrogens is 310 g/mol. The molecule has 2 aromatic carbocycles. The van der Waals surface area contributed by atoms with E-state index in [0.29, 0.717) is 5.92 Å². The van der Waals surface area contributed by atoms with Crippen LogP contribution >= 0.6 is 0 Å². The molecule has 0 aromatic heterocycles. The van der Waals surface area contributed by atoms with Crippen LogP contribution < -0.4 is 10.2 Å². The standard InChI is InChI=1S/C19H22F2N2O/c20-16-4-3-5-17(21)15(16)12-22-18-6-1-2-7-19(18)23-10-8-14(13-24)9-11-23/h1-7,14,22,24H,8-13H2. The van der Waals surface area contributed by atoms with E-state index >= 15 is 0 Å². The molecule has 0 aliphatic carbocycles. The monoisotopic (exact) mass is 332 g/mol. The van der Waals surface area contributed by atoms with Crippen molar-refractivity contribution in [3.05, 3.63) is 59.7 Å². The highest BCUT2D eigenvalue weighted by atomic mass is 19.1. The van der Waals surface area contributed by atoms with Crippen LogP contribution in [-0.4, -0.2) is 24.8 Å². The van der Waals surface area contributed by atoms with Gasteiger partial charge in [-0.05, 0) is 43.0 Å². The number of hydrogen-bond acceptors (Lipinski definition) is 3. The summed E-state index contributed by atoms with van der Waals surface area (Å²) in [5.41, 5.74) is 1.94. The van der Waals surface area contributed by atoms with Crippen LogP contribution in [0.5, 0.6) is 0 Å². The minimum absolute atomic E-state index is 0.0475. The first-order chi connectivity index (χ1) is 11.7. The highest BCUT2D eigenvalue weighted by Gasteiger charge is 2.20. The average Bonchev–Trinajstić information content (AvgIpc) is 2.62. The summed E-state index contributed by atoms with van der Waals surface area (Å²) in [5.74, 6) is -0.707. The molecule has 0 atom stereocenters. The molecule has 24 heavy (non-hydrogen) atoms. The van der Waals surface area contributed by atoms with E-state index < -0.39 is 11.6 Å². The van der Waals surface area contributed by atoms with Crippen LogP contribution in [-0.2, 0) is 6.54 Å². The lowest BCUT2D eigenvalue weighted by atomic mass is 9.97. The average molecular weight is 332 g/mol. The minimum atomic E-state index is -0.538. The number of nitrogens with zero attached hydrogens (tertiary/aromatic N) is 1. The summed E-state index contributed by atoms with van der Waals surface area (Å²) in [7, 11) is 0. The molecule has 0 radical (unpaired) electrons. The first-order valence-electron chi connectivity index (χ1n) is 8.30. The fraction of sp³-hybridized carbons (Fsp3) is 0.368. The van der Waals surface area contributed by atoms with E-state index in [1.54, 1.807) is 0 Å². The molecule has 1 saturated heterocycles. The van der Waals surface area contributed by atoms with E-state index in [9.17, 15) is 13.9 Å². The van der Waals surface area contributed by atoms with Crippen LogP contribution in [0, 0.1) is 17.6 Å². The normalized spacial score (nSPS) is 15.5. The molecule has 0 amide bonds. The van der Waals surface area contributed by atoms with Gasteiger partial charge >= 0.3 is 0 Å². The lowest BCUT2D eigenvalue weighted by Crippen LogP contribution is -2.35.